The fourth-order valence-corrected chi connectivity index (χ4v) is 5.43. The minimum absolute atomic E-state index is 0.172. The Kier molecular flexibility index (Phi) is 5.98. The molecule has 0 unspecified atom stereocenters. The predicted molar refractivity (Wildman–Crippen MR) is 151 cm³/mol. The molecular weight excluding hydrogens is 480 g/mol. The van der Waals surface area contributed by atoms with E-state index < -0.39 is 0 Å². The summed E-state index contributed by atoms with van der Waals surface area (Å²) < 4.78 is 13.5. The van der Waals surface area contributed by atoms with Crippen LogP contribution >= 0.6 is 12.2 Å². The molecule has 6 nitrogen and oxygen atoms in total. The topological polar surface area (TPSA) is 51.5 Å². The summed E-state index contributed by atoms with van der Waals surface area (Å²) in [5.74, 6) is 1.40. The van der Waals surface area contributed by atoms with Gasteiger partial charge in [-0.3, -0.25) is 4.98 Å². The van der Waals surface area contributed by atoms with Crippen LogP contribution in [0.25, 0.3) is 16.5 Å². The van der Waals surface area contributed by atoms with E-state index in [1.54, 1.807) is 14.2 Å². The number of ether oxygens (including phenoxy) is 2. The first-order valence-electron chi connectivity index (χ1n) is 12.1. The summed E-state index contributed by atoms with van der Waals surface area (Å²) in [6.07, 6.45) is 3.91. The Balaban J connectivity index is 1.52. The van der Waals surface area contributed by atoms with Gasteiger partial charge < -0.3 is 24.3 Å². The second-order valence-electron chi connectivity index (χ2n) is 8.87. The SMILES string of the molecule is COc1ccc(N2C(=S)N[C@@H](c3ccccn3)[C@H]2c2cccn2-c2ccc3ccccc3c2)c(OC)c1. The van der Waals surface area contributed by atoms with Gasteiger partial charge in [-0.05, 0) is 71.5 Å². The number of rotatable bonds is 6. The van der Waals surface area contributed by atoms with E-state index in [9.17, 15) is 0 Å². The van der Waals surface area contributed by atoms with Crippen molar-refractivity contribution in [1.82, 2.24) is 14.9 Å². The molecule has 2 atom stereocenters. The highest BCUT2D eigenvalue weighted by Gasteiger charge is 2.43. The highest BCUT2D eigenvalue weighted by molar-refractivity contribution is 7.80. The number of hydrogen-bond acceptors (Lipinski definition) is 4. The van der Waals surface area contributed by atoms with Crippen LogP contribution in [0.15, 0.2) is 103 Å². The molecular formula is C30H26N4O2S. The van der Waals surface area contributed by atoms with Crippen molar-refractivity contribution in [3.05, 3.63) is 115 Å². The van der Waals surface area contributed by atoms with E-state index in [4.69, 9.17) is 21.7 Å². The van der Waals surface area contributed by atoms with E-state index in [-0.39, 0.29) is 12.1 Å². The lowest BCUT2D eigenvalue weighted by Gasteiger charge is -2.30. The fourth-order valence-electron chi connectivity index (χ4n) is 5.10. The molecule has 0 saturated carbocycles. The summed E-state index contributed by atoms with van der Waals surface area (Å²) in [6, 6.07) is 30.5. The maximum atomic E-state index is 5.93. The molecule has 1 fully saturated rings. The first-order chi connectivity index (χ1) is 18.2. The van der Waals surface area contributed by atoms with Gasteiger partial charge in [0.25, 0.3) is 0 Å². The van der Waals surface area contributed by atoms with Gasteiger partial charge in [0, 0.05) is 29.8 Å². The summed E-state index contributed by atoms with van der Waals surface area (Å²) in [5.41, 5.74) is 3.93. The summed E-state index contributed by atoms with van der Waals surface area (Å²) in [6.45, 7) is 0. The smallest absolute Gasteiger partial charge is 0.174 e. The number of pyridine rings is 1. The number of nitrogens with one attached hydrogen (secondary N) is 1. The van der Waals surface area contributed by atoms with Crippen LogP contribution in [0, 0.1) is 0 Å². The fraction of sp³-hybridized carbons (Fsp3) is 0.133. The Morgan fingerprint density at radius 1 is 0.838 bits per heavy atom. The Morgan fingerprint density at radius 3 is 2.46 bits per heavy atom. The standard InChI is InChI=1S/C30H26N4O2S/c1-35-23-14-15-25(27(19-23)36-2)34-29(28(32-30(34)37)24-10-5-6-16-31-24)26-11-7-17-33(26)22-13-12-20-8-3-4-9-21(20)18-22/h3-19,28-29H,1-2H3,(H,32,37)/t28-,29+/m0/s1. The third kappa shape index (κ3) is 4.07. The normalized spacial score (nSPS) is 17.1. The van der Waals surface area contributed by atoms with Crippen molar-refractivity contribution >= 4 is 33.8 Å². The Bertz CT molecular complexity index is 1580. The van der Waals surface area contributed by atoms with Crippen LogP contribution < -0.4 is 19.7 Å². The van der Waals surface area contributed by atoms with E-state index in [2.05, 4.69) is 80.6 Å². The van der Waals surface area contributed by atoms with E-state index in [1.165, 1.54) is 10.8 Å². The van der Waals surface area contributed by atoms with Crippen LogP contribution in [-0.4, -0.2) is 28.9 Å². The van der Waals surface area contributed by atoms with Gasteiger partial charge in [0.2, 0.25) is 0 Å². The van der Waals surface area contributed by atoms with E-state index in [0.29, 0.717) is 10.9 Å². The molecule has 2 aromatic heterocycles. The maximum Gasteiger partial charge on any atom is 0.174 e. The van der Waals surface area contributed by atoms with Gasteiger partial charge in [0.15, 0.2) is 5.11 Å². The van der Waals surface area contributed by atoms with Crippen LogP contribution in [0.4, 0.5) is 5.69 Å². The molecule has 3 heterocycles. The Morgan fingerprint density at radius 2 is 1.68 bits per heavy atom. The van der Waals surface area contributed by atoms with Crippen molar-refractivity contribution in [2.75, 3.05) is 19.1 Å². The Labute approximate surface area is 221 Å². The molecule has 1 aliphatic rings. The van der Waals surface area contributed by atoms with Crippen molar-refractivity contribution < 1.29 is 9.47 Å². The van der Waals surface area contributed by atoms with Crippen molar-refractivity contribution in [3.63, 3.8) is 0 Å². The minimum Gasteiger partial charge on any atom is -0.497 e. The molecule has 1 saturated heterocycles. The number of fused-ring (bicyclic) bond motifs is 1. The molecule has 0 spiro atoms. The van der Waals surface area contributed by atoms with Gasteiger partial charge in [-0.1, -0.05) is 36.4 Å². The van der Waals surface area contributed by atoms with Gasteiger partial charge in [-0.25, -0.2) is 0 Å². The Hall–Kier alpha value is -4.36. The first kappa shape index (κ1) is 23.1. The zero-order valence-corrected chi connectivity index (χ0v) is 21.4. The summed E-state index contributed by atoms with van der Waals surface area (Å²) in [4.78, 5) is 6.81. The highest BCUT2D eigenvalue weighted by Crippen LogP contribution is 2.45. The van der Waals surface area contributed by atoms with Crippen molar-refractivity contribution in [1.29, 1.82) is 0 Å². The van der Waals surface area contributed by atoms with Crippen LogP contribution in [-0.2, 0) is 0 Å². The maximum absolute atomic E-state index is 5.93. The van der Waals surface area contributed by atoms with Gasteiger partial charge in [0.1, 0.15) is 17.5 Å². The molecule has 1 aliphatic heterocycles. The molecule has 5 aromatic rings. The summed E-state index contributed by atoms with van der Waals surface area (Å²) in [5, 5.41) is 6.54. The van der Waals surface area contributed by atoms with E-state index in [1.807, 2.05) is 42.6 Å². The van der Waals surface area contributed by atoms with Crippen LogP contribution in [0.3, 0.4) is 0 Å². The lowest BCUT2D eigenvalue weighted by Crippen LogP contribution is -2.30. The monoisotopic (exact) mass is 506 g/mol. The van der Waals surface area contributed by atoms with Gasteiger partial charge in [0.05, 0.1) is 31.6 Å². The molecule has 184 valence electrons. The molecule has 0 aliphatic carbocycles. The molecule has 37 heavy (non-hydrogen) atoms. The number of thiocarbonyl (C=S) groups is 1. The van der Waals surface area contributed by atoms with Crippen LogP contribution in [0.5, 0.6) is 11.5 Å². The summed E-state index contributed by atoms with van der Waals surface area (Å²) >= 11 is 5.93. The van der Waals surface area contributed by atoms with Crippen LogP contribution in [0.1, 0.15) is 23.5 Å². The third-order valence-electron chi connectivity index (χ3n) is 6.84. The average Bonchev–Trinajstić information content (AvgIpc) is 3.57. The average molecular weight is 507 g/mol. The van der Waals surface area contributed by atoms with Gasteiger partial charge in [-0.15, -0.1) is 0 Å². The highest BCUT2D eigenvalue weighted by atomic mass is 32.1. The molecule has 3 aromatic carbocycles. The second-order valence-corrected chi connectivity index (χ2v) is 9.26. The first-order valence-corrected chi connectivity index (χ1v) is 12.5. The zero-order valence-electron chi connectivity index (χ0n) is 20.5. The summed E-state index contributed by atoms with van der Waals surface area (Å²) in [7, 11) is 3.31. The largest absolute Gasteiger partial charge is 0.497 e. The van der Waals surface area contributed by atoms with Crippen LogP contribution in [0.2, 0.25) is 0 Å². The molecule has 0 amide bonds. The number of hydrogen-bond donors (Lipinski definition) is 1. The number of benzene rings is 3. The molecule has 6 rings (SSSR count). The molecule has 7 heteroatoms. The predicted octanol–water partition coefficient (Wildman–Crippen LogP) is 6.22. The minimum atomic E-state index is -0.189. The second kappa shape index (κ2) is 9.59. The third-order valence-corrected chi connectivity index (χ3v) is 7.15. The quantitative estimate of drug-likeness (QED) is 0.276. The van der Waals surface area contributed by atoms with Crippen molar-refractivity contribution in [2.24, 2.45) is 0 Å². The van der Waals surface area contributed by atoms with Gasteiger partial charge >= 0.3 is 0 Å². The molecule has 1 N–H and O–H groups in total. The number of anilines is 1. The lowest BCUT2D eigenvalue weighted by atomic mass is 10.0. The lowest BCUT2D eigenvalue weighted by molar-refractivity contribution is 0.394. The van der Waals surface area contributed by atoms with E-state index >= 15 is 0 Å². The van der Waals surface area contributed by atoms with Crippen molar-refractivity contribution in [2.45, 2.75) is 12.1 Å². The number of aromatic nitrogens is 2. The molecule has 0 bridgehead atoms. The number of methoxy groups -OCH3 is 2. The molecule has 0 radical (unpaired) electrons. The van der Waals surface area contributed by atoms with Crippen molar-refractivity contribution in [3.8, 4) is 17.2 Å². The van der Waals surface area contributed by atoms with Gasteiger partial charge in [-0.2, -0.15) is 0 Å². The van der Waals surface area contributed by atoms with E-state index in [0.717, 1.165) is 28.5 Å². The zero-order chi connectivity index (χ0) is 25.4. The number of nitrogens with zero attached hydrogens (tertiary/aromatic N) is 3.